The first-order valence-corrected chi connectivity index (χ1v) is 8.59. The summed E-state index contributed by atoms with van der Waals surface area (Å²) in [6, 6.07) is 35.9. The zero-order valence-electron chi connectivity index (χ0n) is 14.8. The maximum Gasteiger partial charge on any atom is 0.105 e. The second kappa shape index (κ2) is 10.9. The molecular weight excluding hydrogens is 372 g/mol. The van der Waals surface area contributed by atoms with E-state index in [9.17, 15) is 4.79 Å². The van der Waals surface area contributed by atoms with Crippen LogP contribution in [0.2, 0.25) is 0 Å². The van der Waals surface area contributed by atoms with Gasteiger partial charge in [0.15, 0.2) is 0 Å². The van der Waals surface area contributed by atoms with E-state index in [0.29, 0.717) is 0 Å². The molecule has 0 saturated heterocycles. The van der Waals surface area contributed by atoms with Crippen LogP contribution in [-0.4, -0.2) is 5.78 Å². The molecule has 0 fully saturated rings. The summed E-state index contributed by atoms with van der Waals surface area (Å²) in [5.74, 6) is 0.0452. The third-order valence-electron chi connectivity index (χ3n) is 3.94. The van der Waals surface area contributed by atoms with E-state index in [1.54, 1.807) is 6.08 Å². The van der Waals surface area contributed by atoms with Crippen LogP contribution in [0, 0.1) is 0 Å². The molecule has 0 aliphatic rings. The minimum absolute atomic E-state index is 0. The van der Waals surface area contributed by atoms with E-state index in [4.69, 9.17) is 0 Å². The fraction of sp³-hybridized carbons (Fsp3) is 0. The van der Waals surface area contributed by atoms with Gasteiger partial charge in [-0.2, -0.15) is 24.3 Å². The van der Waals surface area contributed by atoms with Crippen LogP contribution < -0.4 is 0 Å². The average Bonchev–Trinajstić information content (AvgIpc) is 3.42. The molecule has 0 radical (unpaired) electrons. The van der Waals surface area contributed by atoms with Crippen molar-refractivity contribution in [1.82, 2.24) is 0 Å². The molecule has 0 heterocycles. The van der Waals surface area contributed by atoms with Gasteiger partial charge < -0.3 is 52.3 Å². The molecule has 0 amide bonds. The van der Waals surface area contributed by atoms with E-state index < -0.39 is 0 Å². The van der Waals surface area contributed by atoms with Crippen molar-refractivity contribution < 1.29 is 21.9 Å². The van der Waals surface area contributed by atoms with Gasteiger partial charge in [0.25, 0.3) is 0 Å². The number of benzene rings is 2. The number of ketones is 1. The Morgan fingerprint density at radius 2 is 1.33 bits per heavy atom. The van der Waals surface area contributed by atoms with Gasteiger partial charge >= 0.3 is 0 Å². The number of allylic oxidation sites excluding steroid dienone is 1. The Morgan fingerprint density at radius 1 is 0.778 bits per heavy atom. The summed E-state index contributed by atoms with van der Waals surface area (Å²) >= 11 is 0. The van der Waals surface area contributed by atoms with E-state index in [1.165, 1.54) is 11.1 Å². The summed E-state index contributed by atoms with van der Waals surface area (Å²) < 4.78 is 0. The zero-order valence-corrected chi connectivity index (χ0v) is 15.9. The first-order chi connectivity index (χ1) is 12.8. The number of hydrogen-bond donors (Lipinski definition) is 0. The molecule has 0 saturated carbocycles. The first-order valence-electron chi connectivity index (χ1n) is 8.59. The summed E-state index contributed by atoms with van der Waals surface area (Å²) in [5, 5.41) is 0. The third kappa shape index (κ3) is 6.38. The molecule has 140 valence electrons. The van der Waals surface area contributed by atoms with Gasteiger partial charge in [-0.15, -0.1) is 18.2 Å². The topological polar surface area (TPSA) is 17.1 Å². The summed E-state index contributed by atoms with van der Waals surface area (Å²) in [7, 11) is 0. The van der Waals surface area contributed by atoms with Crippen molar-refractivity contribution in [1.29, 1.82) is 0 Å². The number of hydrogen-bond acceptors (Lipinski definition) is 1. The Kier molecular flexibility index (Phi) is 8.25. The van der Waals surface area contributed by atoms with Gasteiger partial charge in [-0.3, -0.25) is 0 Å². The molecule has 0 aliphatic heterocycles. The molecule has 1 nitrogen and oxygen atoms in total. The summed E-state index contributed by atoms with van der Waals surface area (Å²) in [5.41, 5.74) is 4.36. The molecule has 27 heavy (non-hydrogen) atoms. The quantitative estimate of drug-likeness (QED) is 0.171. The van der Waals surface area contributed by atoms with Crippen LogP contribution in [0.4, 0.5) is 0 Å². The second-order valence-corrected chi connectivity index (χ2v) is 5.82. The van der Waals surface area contributed by atoms with Crippen LogP contribution in [0.5, 0.6) is 0 Å². The molecular formula is C25H20FeO-6. The Hall–Kier alpha value is -2.93. The molecule has 0 unspecified atom stereocenters. The zero-order chi connectivity index (χ0) is 18.0. The SMILES string of the molecule is O=C(C=Cc1ccccc1)[c-]1cccc1.[Fe].c1ccc(-[c-]2[cH-][cH-][cH-][cH-]2)cc1. The van der Waals surface area contributed by atoms with Crippen molar-refractivity contribution in [3.05, 3.63) is 126 Å². The van der Waals surface area contributed by atoms with Crippen LogP contribution in [0.15, 0.2) is 115 Å². The third-order valence-corrected chi connectivity index (χ3v) is 3.94. The van der Waals surface area contributed by atoms with Gasteiger partial charge in [0, 0.05) is 17.1 Å². The van der Waals surface area contributed by atoms with Gasteiger partial charge in [0.1, 0.15) is 5.78 Å². The van der Waals surface area contributed by atoms with Crippen molar-refractivity contribution >= 4 is 11.9 Å². The molecule has 0 aliphatic carbocycles. The Balaban J connectivity index is 0.000000194. The summed E-state index contributed by atoms with van der Waals surface area (Å²) in [6.07, 6.45) is 3.43. The minimum atomic E-state index is 0. The Bertz CT molecular complexity index is 919. The van der Waals surface area contributed by atoms with Crippen molar-refractivity contribution in [2.45, 2.75) is 0 Å². The van der Waals surface area contributed by atoms with Gasteiger partial charge in [-0.25, -0.2) is 0 Å². The smallest absolute Gasteiger partial charge is 0.105 e. The van der Waals surface area contributed by atoms with Crippen LogP contribution >= 0.6 is 0 Å². The van der Waals surface area contributed by atoms with Crippen molar-refractivity contribution in [2.75, 3.05) is 0 Å². The van der Waals surface area contributed by atoms with Crippen LogP contribution in [0.1, 0.15) is 15.9 Å². The number of carbonyl (C=O) groups excluding carboxylic acids is 1. The first kappa shape index (κ1) is 20.4. The average molecular weight is 392 g/mol. The number of carbonyl (C=O) groups is 1. The van der Waals surface area contributed by atoms with Gasteiger partial charge in [0.05, 0.1) is 0 Å². The molecule has 0 atom stereocenters. The largest absolute Gasteiger partial charge is 0.642 e. The standard InChI is InChI=1S/C14H11O.C11H9.Fe/c15-14(13-8-4-5-9-13)11-10-12-6-2-1-3-7-12;1-2-6-10(7-3-1)11-8-4-5-9-11;/h1-11H;1-9H;/q-1;-5;. The van der Waals surface area contributed by atoms with E-state index in [1.807, 2.05) is 66.7 Å². The predicted octanol–water partition coefficient (Wildman–Crippen LogP) is 6.37. The molecule has 0 spiro atoms. The van der Waals surface area contributed by atoms with E-state index in [2.05, 4.69) is 48.5 Å². The summed E-state index contributed by atoms with van der Waals surface area (Å²) in [6.45, 7) is 0. The fourth-order valence-electron chi connectivity index (χ4n) is 2.57. The molecule has 0 bridgehead atoms. The minimum Gasteiger partial charge on any atom is -0.642 e. The second-order valence-electron chi connectivity index (χ2n) is 5.82. The van der Waals surface area contributed by atoms with E-state index in [0.717, 1.165) is 11.1 Å². The van der Waals surface area contributed by atoms with Gasteiger partial charge in [-0.1, -0.05) is 48.0 Å². The Labute approximate surface area is 171 Å². The van der Waals surface area contributed by atoms with Crippen molar-refractivity contribution in [3.8, 4) is 11.1 Å². The maximum absolute atomic E-state index is 11.6. The maximum atomic E-state index is 11.6. The van der Waals surface area contributed by atoms with E-state index in [-0.39, 0.29) is 22.9 Å². The molecule has 4 aromatic carbocycles. The molecule has 0 N–H and O–H groups in total. The predicted molar refractivity (Wildman–Crippen MR) is 109 cm³/mol. The normalized spacial score (nSPS) is 9.93. The van der Waals surface area contributed by atoms with Crippen LogP contribution in [-0.2, 0) is 17.1 Å². The molecule has 0 aromatic heterocycles. The fourth-order valence-corrected chi connectivity index (χ4v) is 2.57. The monoisotopic (exact) mass is 392 g/mol. The number of rotatable bonds is 4. The Morgan fingerprint density at radius 3 is 1.93 bits per heavy atom. The van der Waals surface area contributed by atoms with Crippen LogP contribution in [0.25, 0.3) is 17.2 Å². The molecule has 2 heteroatoms. The van der Waals surface area contributed by atoms with Crippen molar-refractivity contribution in [3.63, 3.8) is 0 Å². The van der Waals surface area contributed by atoms with Crippen LogP contribution in [0.3, 0.4) is 0 Å². The van der Waals surface area contributed by atoms with Gasteiger partial charge in [0.2, 0.25) is 0 Å². The molecule has 4 rings (SSSR count). The summed E-state index contributed by atoms with van der Waals surface area (Å²) in [4.78, 5) is 11.6. The van der Waals surface area contributed by atoms with E-state index >= 15 is 0 Å². The molecule has 4 aromatic rings. The van der Waals surface area contributed by atoms with Gasteiger partial charge in [-0.05, 0) is 5.56 Å². The van der Waals surface area contributed by atoms with Crippen molar-refractivity contribution in [2.24, 2.45) is 0 Å².